The van der Waals surface area contributed by atoms with Crippen LogP contribution >= 0.6 is 0 Å². The molecule has 1 aliphatic rings. The van der Waals surface area contributed by atoms with E-state index >= 15 is 0 Å². The fourth-order valence-corrected chi connectivity index (χ4v) is 4.01. The summed E-state index contributed by atoms with van der Waals surface area (Å²) in [6.45, 7) is 3.11. The van der Waals surface area contributed by atoms with Gasteiger partial charge in [0.25, 0.3) is 0 Å². The summed E-state index contributed by atoms with van der Waals surface area (Å²) in [6, 6.07) is 15.2. The normalized spacial score (nSPS) is 15.7. The first-order valence-electron chi connectivity index (χ1n) is 7.29. The molecule has 0 aromatic heterocycles. The Morgan fingerprint density at radius 3 is 2.59 bits per heavy atom. The number of hydrogen-bond donors (Lipinski definition) is 0. The van der Waals surface area contributed by atoms with Crippen molar-refractivity contribution in [2.24, 2.45) is 0 Å². The van der Waals surface area contributed by atoms with E-state index in [-0.39, 0.29) is 5.75 Å². The van der Waals surface area contributed by atoms with E-state index in [1.54, 1.807) is 0 Å². The smallest absolute Gasteiger partial charge is 0.218 e. The molecule has 0 radical (unpaired) electrons. The monoisotopic (exact) mass is 317 g/mol. The molecule has 0 saturated heterocycles. The van der Waals surface area contributed by atoms with Crippen LogP contribution in [0, 0.1) is 6.92 Å². The molecule has 116 valence electrons. The molecule has 0 bridgehead atoms. The van der Waals surface area contributed by atoms with E-state index in [1.165, 1.54) is 4.31 Å². The van der Waals surface area contributed by atoms with E-state index in [2.05, 4.69) is 0 Å². The molecule has 0 amide bonds. The summed E-state index contributed by atoms with van der Waals surface area (Å²) in [4.78, 5) is 0. The topological polar surface area (TPSA) is 46.6 Å². The summed E-state index contributed by atoms with van der Waals surface area (Å²) in [5.74, 6) is 0.797. The van der Waals surface area contributed by atoms with Gasteiger partial charge in [0, 0.05) is 18.7 Å². The summed E-state index contributed by atoms with van der Waals surface area (Å²) in [6.07, 6.45) is 0. The molecule has 2 aromatic rings. The van der Waals surface area contributed by atoms with E-state index in [0.717, 1.165) is 22.4 Å². The minimum atomic E-state index is -3.36. The molecule has 1 aliphatic heterocycles. The molecule has 3 rings (SSSR count). The number of rotatable bonds is 3. The molecule has 22 heavy (non-hydrogen) atoms. The first kappa shape index (κ1) is 15.1. The third kappa shape index (κ3) is 3.31. The number of para-hydroxylation sites is 1. The van der Waals surface area contributed by atoms with Crippen molar-refractivity contribution in [3.63, 3.8) is 0 Å². The maximum atomic E-state index is 12.7. The molecule has 0 N–H and O–H groups in total. The molecule has 1 heterocycles. The fourth-order valence-electron chi connectivity index (χ4n) is 2.53. The summed E-state index contributed by atoms with van der Waals surface area (Å²) in [7, 11) is -3.36. The molecule has 0 fully saturated rings. The Morgan fingerprint density at radius 2 is 1.82 bits per heavy atom. The third-order valence-electron chi connectivity index (χ3n) is 3.78. The zero-order valence-corrected chi connectivity index (χ0v) is 13.3. The van der Waals surface area contributed by atoms with Gasteiger partial charge in [-0.2, -0.15) is 4.31 Å². The summed E-state index contributed by atoms with van der Waals surface area (Å²) in [5, 5.41) is 0. The lowest BCUT2D eigenvalue weighted by Crippen LogP contribution is -2.33. The molecular formula is C17H19NO3S. The van der Waals surface area contributed by atoms with Gasteiger partial charge in [-0.1, -0.05) is 48.0 Å². The van der Waals surface area contributed by atoms with Gasteiger partial charge in [-0.05, 0) is 18.6 Å². The Balaban J connectivity index is 1.81. The summed E-state index contributed by atoms with van der Waals surface area (Å²) < 4.78 is 32.5. The maximum Gasteiger partial charge on any atom is 0.218 e. The number of nitrogens with zero attached hydrogens (tertiary/aromatic N) is 1. The highest BCUT2D eigenvalue weighted by Gasteiger charge is 2.25. The van der Waals surface area contributed by atoms with Crippen LogP contribution in [0.1, 0.15) is 16.7 Å². The Morgan fingerprint density at radius 1 is 1.09 bits per heavy atom. The maximum absolute atomic E-state index is 12.7. The van der Waals surface area contributed by atoms with Crippen molar-refractivity contribution in [1.29, 1.82) is 0 Å². The van der Waals surface area contributed by atoms with E-state index in [1.807, 2.05) is 55.5 Å². The highest BCUT2D eigenvalue weighted by molar-refractivity contribution is 7.88. The third-order valence-corrected chi connectivity index (χ3v) is 5.58. The van der Waals surface area contributed by atoms with Crippen molar-refractivity contribution in [2.45, 2.75) is 19.2 Å². The molecule has 4 nitrogen and oxygen atoms in total. The van der Waals surface area contributed by atoms with Gasteiger partial charge in [-0.25, -0.2) is 8.42 Å². The molecule has 0 saturated carbocycles. The van der Waals surface area contributed by atoms with Gasteiger partial charge in [0.2, 0.25) is 10.0 Å². The largest absolute Gasteiger partial charge is 0.492 e. The van der Waals surface area contributed by atoms with Gasteiger partial charge in [0.15, 0.2) is 0 Å². The van der Waals surface area contributed by atoms with Crippen molar-refractivity contribution >= 4 is 10.0 Å². The molecule has 0 spiro atoms. The van der Waals surface area contributed by atoms with Crippen LogP contribution in [0.5, 0.6) is 5.75 Å². The fraction of sp³-hybridized carbons (Fsp3) is 0.294. The summed E-state index contributed by atoms with van der Waals surface area (Å²) >= 11 is 0. The highest BCUT2D eigenvalue weighted by Crippen LogP contribution is 2.25. The molecule has 5 heteroatoms. The van der Waals surface area contributed by atoms with E-state index < -0.39 is 10.0 Å². The Hall–Kier alpha value is -1.85. The van der Waals surface area contributed by atoms with E-state index in [4.69, 9.17) is 4.74 Å². The zero-order valence-electron chi connectivity index (χ0n) is 12.5. The SMILES string of the molecule is Cc1ccc(CS(=O)(=O)N2CCOc3ccccc3C2)cc1. The Kier molecular flexibility index (Phi) is 4.18. The average molecular weight is 317 g/mol. The number of ether oxygens (including phenoxy) is 1. The van der Waals surface area contributed by atoms with Crippen molar-refractivity contribution < 1.29 is 13.2 Å². The van der Waals surface area contributed by atoms with Crippen LogP contribution in [0.2, 0.25) is 0 Å². The summed E-state index contributed by atoms with van der Waals surface area (Å²) in [5.41, 5.74) is 2.84. The van der Waals surface area contributed by atoms with Gasteiger partial charge >= 0.3 is 0 Å². The molecule has 2 aromatic carbocycles. The first-order chi connectivity index (χ1) is 10.5. The lowest BCUT2D eigenvalue weighted by atomic mass is 10.2. The van der Waals surface area contributed by atoms with Crippen LogP contribution < -0.4 is 4.74 Å². The minimum absolute atomic E-state index is 0.0233. The Labute approximate surface area is 131 Å². The van der Waals surface area contributed by atoms with E-state index in [0.29, 0.717) is 19.7 Å². The van der Waals surface area contributed by atoms with Crippen LogP contribution in [0.25, 0.3) is 0 Å². The number of hydrogen-bond acceptors (Lipinski definition) is 3. The number of sulfonamides is 1. The van der Waals surface area contributed by atoms with Crippen molar-refractivity contribution in [3.05, 3.63) is 65.2 Å². The van der Waals surface area contributed by atoms with Crippen LogP contribution in [-0.4, -0.2) is 25.9 Å². The number of aryl methyl sites for hydroxylation is 1. The molecule has 0 atom stereocenters. The quantitative estimate of drug-likeness (QED) is 0.874. The molecular weight excluding hydrogens is 298 g/mol. The second-order valence-electron chi connectivity index (χ2n) is 5.53. The van der Waals surface area contributed by atoms with Crippen LogP contribution in [0.3, 0.4) is 0 Å². The second-order valence-corrected chi connectivity index (χ2v) is 7.50. The van der Waals surface area contributed by atoms with Crippen molar-refractivity contribution in [1.82, 2.24) is 4.31 Å². The minimum Gasteiger partial charge on any atom is -0.492 e. The van der Waals surface area contributed by atoms with Gasteiger partial charge in [0.05, 0.1) is 5.75 Å². The predicted octanol–water partition coefficient (Wildman–Crippen LogP) is 2.72. The number of fused-ring (bicyclic) bond motifs is 1. The van der Waals surface area contributed by atoms with Gasteiger partial charge < -0.3 is 4.74 Å². The molecule has 0 aliphatic carbocycles. The second kappa shape index (κ2) is 6.10. The van der Waals surface area contributed by atoms with Crippen LogP contribution in [0.15, 0.2) is 48.5 Å². The Bertz CT molecular complexity index is 754. The standard InChI is InChI=1S/C17H19NO3S/c1-14-6-8-15(9-7-14)13-22(19,20)18-10-11-21-17-5-3-2-4-16(17)12-18/h2-9H,10-13H2,1H3. The van der Waals surface area contributed by atoms with Gasteiger partial charge in [-0.15, -0.1) is 0 Å². The van der Waals surface area contributed by atoms with Crippen molar-refractivity contribution in [3.8, 4) is 5.75 Å². The van der Waals surface area contributed by atoms with Crippen LogP contribution in [-0.2, 0) is 22.3 Å². The highest BCUT2D eigenvalue weighted by atomic mass is 32.2. The van der Waals surface area contributed by atoms with Gasteiger partial charge in [-0.3, -0.25) is 0 Å². The lowest BCUT2D eigenvalue weighted by Gasteiger charge is -2.19. The lowest BCUT2D eigenvalue weighted by molar-refractivity contribution is 0.293. The molecule has 0 unspecified atom stereocenters. The average Bonchev–Trinajstić information content (AvgIpc) is 2.72. The van der Waals surface area contributed by atoms with Crippen LogP contribution in [0.4, 0.5) is 0 Å². The van der Waals surface area contributed by atoms with Crippen molar-refractivity contribution in [2.75, 3.05) is 13.2 Å². The first-order valence-corrected chi connectivity index (χ1v) is 8.89. The van der Waals surface area contributed by atoms with Gasteiger partial charge in [0.1, 0.15) is 12.4 Å². The van der Waals surface area contributed by atoms with E-state index in [9.17, 15) is 8.42 Å². The predicted molar refractivity (Wildman–Crippen MR) is 86.1 cm³/mol. The zero-order chi connectivity index (χ0) is 15.6. The number of benzene rings is 2.